The smallest absolute Gasteiger partial charge is 0.284 e. The lowest BCUT2D eigenvalue weighted by Gasteiger charge is -2.56. The van der Waals surface area contributed by atoms with Gasteiger partial charge < -0.3 is 4.90 Å². The second kappa shape index (κ2) is 5.55. The number of hydrogen-bond acceptors (Lipinski definition) is 4. The van der Waals surface area contributed by atoms with Crippen LogP contribution in [0.25, 0.3) is 0 Å². The number of rotatable bonds is 2. The normalized spacial score (nSPS) is 35.6. The molecule has 4 aliphatic carbocycles. The van der Waals surface area contributed by atoms with Crippen molar-refractivity contribution in [3.05, 3.63) is 21.4 Å². The van der Waals surface area contributed by atoms with Crippen molar-refractivity contribution >= 4 is 23.2 Å². The molecule has 0 spiro atoms. The van der Waals surface area contributed by atoms with Crippen molar-refractivity contribution in [1.29, 1.82) is 0 Å². The summed E-state index contributed by atoms with van der Waals surface area (Å²) in [7, 11) is 0. The lowest BCUT2D eigenvalue weighted by Crippen LogP contribution is -2.55. The van der Waals surface area contributed by atoms with Crippen molar-refractivity contribution in [2.45, 2.75) is 51.5 Å². The number of carbonyl (C=O) groups is 2. The molecule has 5 nitrogen and oxygen atoms in total. The molecule has 4 bridgehead atoms. The summed E-state index contributed by atoms with van der Waals surface area (Å²) in [5, 5.41) is 8.83. The molecule has 134 valence electrons. The van der Waals surface area contributed by atoms with Crippen LogP contribution in [-0.4, -0.2) is 28.5 Å². The molecule has 6 heteroatoms. The van der Waals surface area contributed by atoms with Crippen LogP contribution in [0.15, 0.2) is 6.07 Å². The zero-order valence-electron chi connectivity index (χ0n) is 14.3. The van der Waals surface area contributed by atoms with Crippen LogP contribution in [0.5, 0.6) is 0 Å². The van der Waals surface area contributed by atoms with Gasteiger partial charge in [0.25, 0.3) is 5.91 Å². The fraction of sp³-hybridized carbons (Fsp3) is 0.684. The highest BCUT2D eigenvalue weighted by Gasteiger charge is 2.55. The molecule has 25 heavy (non-hydrogen) atoms. The molecule has 0 unspecified atom stereocenters. The molecule has 6 rings (SSSR count). The van der Waals surface area contributed by atoms with E-state index >= 15 is 0 Å². The highest BCUT2D eigenvalue weighted by Crippen LogP contribution is 2.60. The monoisotopic (exact) mass is 360 g/mol. The summed E-state index contributed by atoms with van der Waals surface area (Å²) in [6.07, 6.45) is 8.16. The van der Waals surface area contributed by atoms with Crippen LogP contribution in [0.1, 0.15) is 58.6 Å². The van der Waals surface area contributed by atoms with Gasteiger partial charge in [0.2, 0.25) is 5.91 Å². The topological polar surface area (TPSA) is 69.6 Å². The van der Waals surface area contributed by atoms with Gasteiger partial charge >= 0.3 is 0 Å². The van der Waals surface area contributed by atoms with Crippen LogP contribution >= 0.6 is 11.3 Å². The first-order chi connectivity index (χ1) is 12.1. The maximum atomic E-state index is 13.5. The van der Waals surface area contributed by atoms with Gasteiger partial charge in [0.1, 0.15) is 0 Å². The molecule has 1 aliphatic heterocycles. The number of fused-ring (bicyclic) bond motifs is 1. The third kappa shape index (κ3) is 2.45. The largest absolute Gasteiger partial charge is 0.337 e. The molecule has 5 aliphatic rings. The molecule has 2 amide bonds. The number of amides is 2. The average Bonchev–Trinajstić information content (AvgIpc) is 3.02. The summed E-state index contributed by atoms with van der Waals surface area (Å²) in [6.45, 7) is 1.37. The minimum Gasteiger partial charge on any atom is -0.337 e. The van der Waals surface area contributed by atoms with Crippen LogP contribution in [0.3, 0.4) is 0 Å². The molecule has 4 saturated carbocycles. The zero-order chi connectivity index (χ0) is 17.2. The quantitative estimate of drug-likeness (QED) is 0.629. The van der Waals surface area contributed by atoms with Crippen LogP contribution < -0.4 is 5.48 Å². The Hall–Kier alpha value is -1.40. The van der Waals surface area contributed by atoms with Gasteiger partial charge in [0, 0.05) is 18.0 Å². The maximum Gasteiger partial charge on any atom is 0.284 e. The Bertz CT molecular complexity index is 706. The van der Waals surface area contributed by atoms with E-state index in [0.29, 0.717) is 17.3 Å². The van der Waals surface area contributed by atoms with Crippen LogP contribution in [-0.2, 0) is 17.8 Å². The summed E-state index contributed by atoms with van der Waals surface area (Å²) in [5.74, 6) is 2.24. The van der Waals surface area contributed by atoms with E-state index in [1.807, 2.05) is 11.0 Å². The Morgan fingerprint density at radius 1 is 1.16 bits per heavy atom. The van der Waals surface area contributed by atoms with E-state index in [1.165, 1.54) is 35.5 Å². The number of hydroxylamine groups is 1. The summed E-state index contributed by atoms with van der Waals surface area (Å²) in [6, 6.07) is 1.84. The molecular weight excluding hydrogens is 336 g/mol. The van der Waals surface area contributed by atoms with Crippen molar-refractivity contribution in [2.75, 3.05) is 6.54 Å². The van der Waals surface area contributed by atoms with Gasteiger partial charge in [-0.25, -0.2) is 5.48 Å². The molecule has 0 atom stereocenters. The van der Waals surface area contributed by atoms with Crippen LogP contribution in [0.2, 0.25) is 0 Å². The molecule has 4 fully saturated rings. The van der Waals surface area contributed by atoms with Gasteiger partial charge in [0.15, 0.2) is 0 Å². The molecule has 0 saturated heterocycles. The van der Waals surface area contributed by atoms with E-state index in [1.54, 1.807) is 5.48 Å². The standard InChI is InChI=1S/C19H24N2O3S/c22-17(20-24)16-6-14-10-21(2-1-15(14)25-16)18(23)19-7-11-3-12(8-19)5-13(4-11)9-19/h6,11-13,24H,1-5,7-10H2,(H,20,22). The van der Waals surface area contributed by atoms with Gasteiger partial charge in [0.05, 0.1) is 10.3 Å². The molecule has 1 aromatic heterocycles. The second-order valence-corrected chi connectivity index (χ2v) is 9.81. The van der Waals surface area contributed by atoms with Gasteiger partial charge in [-0.15, -0.1) is 11.3 Å². The van der Waals surface area contributed by atoms with Gasteiger partial charge in [-0.3, -0.25) is 14.8 Å². The molecule has 0 radical (unpaired) electrons. The SMILES string of the molecule is O=C(NO)c1cc2c(s1)CCN(C(=O)C13CC4CC(CC(C4)C1)C3)C2. The summed E-state index contributed by atoms with van der Waals surface area (Å²) >= 11 is 1.43. The van der Waals surface area contributed by atoms with E-state index in [2.05, 4.69) is 0 Å². The molecular formula is C19H24N2O3S. The van der Waals surface area contributed by atoms with Crippen molar-refractivity contribution < 1.29 is 14.8 Å². The highest BCUT2D eigenvalue weighted by molar-refractivity contribution is 7.14. The Labute approximate surface area is 151 Å². The third-order valence-electron chi connectivity index (χ3n) is 6.97. The Morgan fingerprint density at radius 2 is 1.80 bits per heavy atom. The second-order valence-electron chi connectivity index (χ2n) is 8.67. The van der Waals surface area contributed by atoms with Gasteiger partial charge in [-0.1, -0.05) is 0 Å². The molecule has 2 N–H and O–H groups in total. The van der Waals surface area contributed by atoms with E-state index in [4.69, 9.17) is 5.21 Å². The molecule has 0 aromatic carbocycles. The van der Waals surface area contributed by atoms with Crippen LogP contribution in [0.4, 0.5) is 0 Å². The highest BCUT2D eigenvalue weighted by atomic mass is 32.1. The van der Waals surface area contributed by atoms with Crippen molar-refractivity contribution in [3.8, 4) is 0 Å². The van der Waals surface area contributed by atoms with E-state index < -0.39 is 5.91 Å². The van der Waals surface area contributed by atoms with Gasteiger partial charge in [-0.2, -0.15) is 0 Å². The Morgan fingerprint density at radius 3 is 2.40 bits per heavy atom. The Balaban J connectivity index is 1.37. The first kappa shape index (κ1) is 15.8. The fourth-order valence-electron chi connectivity index (χ4n) is 6.38. The average molecular weight is 360 g/mol. The summed E-state index contributed by atoms with van der Waals surface area (Å²) in [4.78, 5) is 28.9. The van der Waals surface area contributed by atoms with Crippen molar-refractivity contribution in [1.82, 2.24) is 10.4 Å². The third-order valence-corrected chi connectivity index (χ3v) is 8.21. The number of nitrogens with one attached hydrogen (secondary N) is 1. The predicted molar refractivity (Wildman–Crippen MR) is 93.3 cm³/mol. The number of thiophene rings is 1. The van der Waals surface area contributed by atoms with Crippen LogP contribution in [0, 0.1) is 23.2 Å². The maximum absolute atomic E-state index is 13.5. The lowest BCUT2D eigenvalue weighted by molar-refractivity contribution is -0.158. The summed E-state index contributed by atoms with van der Waals surface area (Å²) in [5.41, 5.74) is 2.69. The number of nitrogens with zero attached hydrogens (tertiary/aromatic N) is 1. The lowest BCUT2D eigenvalue weighted by atomic mass is 9.49. The van der Waals surface area contributed by atoms with E-state index in [0.717, 1.165) is 55.5 Å². The number of hydrogen-bond donors (Lipinski definition) is 2. The Kier molecular flexibility index (Phi) is 3.51. The predicted octanol–water partition coefficient (Wildman–Crippen LogP) is 2.97. The van der Waals surface area contributed by atoms with Crippen molar-refractivity contribution in [2.24, 2.45) is 23.2 Å². The first-order valence-corrected chi connectivity index (χ1v) is 10.2. The first-order valence-electron chi connectivity index (χ1n) is 9.42. The van der Waals surface area contributed by atoms with Gasteiger partial charge in [-0.05, 0) is 74.3 Å². The summed E-state index contributed by atoms with van der Waals surface area (Å²) < 4.78 is 0. The van der Waals surface area contributed by atoms with E-state index in [9.17, 15) is 9.59 Å². The minimum atomic E-state index is -0.460. The van der Waals surface area contributed by atoms with E-state index in [-0.39, 0.29) is 5.41 Å². The minimum absolute atomic E-state index is 0.0897. The fourth-order valence-corrected chi connectivity index (χ4v) is 7.43. The molecule has 2 heterocycles. The zero-order valence-corrected chi connectivity index (χ0v) is 15.1. The van der Waals surface area contributed by atoms with Crippen molar-refractivity contribution in [3.63, 3.8) is 0 Å². The number of carbonyl (C=O) groups excluding carboxylic acids is 2. The molecule has 1 aromatic rings.